The number of nitrogens with one attached hydrogen (secondary N) is 2. The van der Waals surface area contributed by atoms with Gasteiger partial charge in [-0.25, -0.2) is 9.59 Å². The number of carbonyl (C=O) groups is 3. The van der Waals surface area contributed by atoms with Crippen LogP contribution in [0.2, 0.25) is 0 Å². The van der Waals surface area contributed by atoms with E-state index >= 15 is 0 Å². The van der Waals surface area contributed by atoms with Crippen molar-refractivity contribution in [2.24, 2.45) is 5.73 Å². The molecule has 0 aromatic rings. The van der Waals surface area contributed by atoms with Crippen LogP contribution in [0.3, 0.4) is 0 Å². The summed E-state index contributed by atoms with van der Waals surface area (Å²) in [5, 5.41) is 12.7. The van der Waals surface area contributed by atoms with Crippen molar-refractivity contribution in [2.45, 2.75) is 44.4 Å². The molecule has 0 rings (SSSR count). The Morgan fingerprint density at radius 3 is 2.20 bits per heavy atom. The van der Waals surface area contributed by atoms with Crippen molar-refractivity contribution in [1.82, 2.24) is 10.6 Å². The van der Waals surface area contributed by atoms with E-state index < -0.39 is 42.6 Å². The van der Waals surface area contributed by atoms with Crippen LogP contribution in [0.4, 0.5) is 18.0 Å². The third-order valence-corrected chi connectivity index (χ3v) is 2.20. The van der Waals surface area contributed by atoms with Crippen LogP contribution in [0.15, 0.2) is 0 Å². The van der Waals surface area contributed by atoms with Crippen LogP contribution in [-0.2, 0) is 9.59 Å². The summed E-state index contributed by atoms with van der Waals surface area (Å²) in [5.74, 6) is -2.16. The number of nitrogens with two attached hydrogens (primary N) is 1. The predicted molar refractivity (Wildman–Crippen MR) is 61.7 cm³/mol. The summed E-state index contributed by atoms with van der Waals surface area (Å²) in [6, 6.07) is -3.67. The monoisotopic (exact) mass is 299 g/mol. The van der Waals surface area contributed by atoms with Crippen LogP contribution < -0.4 is 16.4 Å². The number of halogens is 3. The average molecular weight is 299 g/mol. The van der Waals surface area contributed by atoms with Crippen molar-refractivity contribution < 1.29 is 32.7 Å². The summed E-state index contributed by atoms with van der Waals surface area (Å²) in [7, 11) is 0. The van der Waals surface area contributed by atoms with Gasteiger partial charge < -0.3 is 21.5 Å². The lowest BCUT2D eigenvalue weighted by atomic mass is 10.1. The van der Waals surface area contributed by atoms with Crippen LogP contribution >= 0.6 is 0 Å². The van der Waals surface area contributed by atoms with Gasteiger partial charge in [0.2, 0.25) is 5.91 Å². The molecule has 0 aliphatic heterocycles. The van der Waals surface area contributed by atoms with Gasteiger partial charge in [0.1, 0.15) is 6.04 Å². The fourth-order valence-electron chi connectivity index (χ4n) is 1.37. The summed E-state index contributed by atoms with van der Waals surface area (Å²) in [5.41, 5.74) is 4.84. The first kappa shape index (κ1) is 18.0. The maximum atomic E-state index is 12.0. The minimum atomic E-state index is -4.44. The van der Waals surface area contributed by atoms with E-state index in [4.69, 9.17) is 10.8 Å². The molecule has 7 nitrogen and oxygen atoms in total. The van der Waals surface area contributed by atoms with E-state index in [-0.39, 0.29) is 12.8 Å². The van der Waals surface area contributed by atoms with Crippen LogP contribution in [0.1, 0.15) is 26.2 Å². The van der Waals surface area contributed by atoms with Crippen molar-refractivity contribution in [3.63, 3.8) is 0 Å². The molecule has 5 N–H and O–H groups in total. The van der Waals surface area contributed by atoms with Gasteiger partial charge in [-0.1, -0.05) is 0 Å². The molecule has 3 amide bonds. The van der Waals surface area contributed by atoms with E-state index in [1.54, 1.807) is 0 Å². The molecule has 0 aromatic carbocycles. The highest BCUT2D eigenvalue weighted by Crippen LogP contribution is 2.21. The van der Waals surface area contributed by atoms with Gasteiger partial charge in [-0.05, 0) is 13.3 Å². The van der Waals surface area contributed by atoms with Gasteiger partial charge in [0.25, 0.3) is 0 Å². The second-order valence-corrected chi connectivity index (χ2v) is 4.23. The number of primary amides is 1. The Morgan fingerprint density at radius 2 is 1.80 bits per heavy atom. The van der Waals surface area contributed by atoms with Crippen LogP contribution in [0, 0.1) is 0 Å². The van der Waals surface area contributed by atoms with Gasteiger partial charge >= 0.3 is 18.2 Å². The smallest absolute Gasteiger partial charge is 0.391 e. The third kappa shape index (κ3) is 9.00. The quantitative estimate of drug-likeness (QED) is 0.541. The first-order valence-corrected chi connectivity index (χ1v) is 5.66. The first-order valence-electron chi connectivity index (χ1n) is 5.66. The minimum Gasteiger partial charge on any atom is -0.480 e. The number of urea groups is 1. The molecular weight excluding hydrogens is 283 g/mol. The number of rotatable bonds is 7. The number of alkyl halides is 3. The predicted octanol–water partition coefficient (Wildman–Crippen LogP) is 0.345. The molecule has 0 spiro atoms. The van der Waals surface area contributed by atoms with Gasteiger partial charge in [0, 0.05) is 12.5 Å². The molecule has 20 heavy (non-hydrogen) atoms. The lowest BCUT2D eigenvalue weighted by Gasteiger charge is -2.19. The fourth-order valence-corrected chi connectivity index (χ4v) is 1.37. The maximum absolute atomic E-state index is 12.0. The Balaban J connectivity index is 4.32. The molecule has 0 bridgehead atoms. The molecule has 0 saturated carbocycles. The van der Waals surface area contributed by atoms with Crippen molar-refractivity contribution in [3.8, 4) is 0 Å². The van der Waals surface area contributed by atoms with E-state index in [0.29, 0.717) is 0 Å². The molecular formula is C10H16F3N3O4. The molecule has 116 valence electrons. The summed E-state index contributed by atoms with van der Waals surface area (Å²) < 4.78 is 36.1. The number of hydrogen-bond donors (Lipinski definition) is 4. The zero-order chi connectivity index (χ0) is 15.9. The van der Waals surface area contributed by atoms with E-state index in [2.05, 4.69) is 0 Å². The number of amides is 3. The summed E-state index contributed by atoms with van der Waals surface area (Å²) in [6.45, 7) is 1.13. The first-order chi connectivity index (χ1) is 9.01. The Labute approximate surface area is 112 Å². The molecule has 2 atom stereocenters. The van der Waals surface area contributed by atoms with E-state index in [1.165, 1.54) is 0 Å². The highest BCUT2D eigenvalue weighted by Gasteiger charge is 2.31. The number of carboxylic acids is 1. The van der Waals surface area contributed by atoms with E-state index in [0.717, 1.165) is 6.92 Å². The lowest BCUT2D eigenvalue weighted by Crippen LogP contribution is -2.49. The molecule has 0 heterocycles. The van der Waals surface area contributed by atoms with Crippen LogP contribution in [-0.4, -0.2) is 41.3 Å². The maximum Gasteiger partial charge on any atom is 0.391 e. The molecule has 0 aromatic heterocycles. The minimum absolute atomic E-state index is 0.244. The molecule has 0 radical (unpaired) electrons. The third-order valence-electron chi connectivity index (χ3n) is 2.20. The molecule has 0 fully saturated rings. The highest BCUT2D eigenvalue weighted by molar-refractivity contribution is 5.83. The molecule has 0 aliphatic carbocycles. The Bertz CT molecular complexity index is 373. The van der Waals surface area contributed by atoms with Gasteiger partial charge in [-0.2, -0.15) is 13.2 Å². The number of carboxylic acid groups (broad SMARTS) is 1. The largest absolute Gasteiger partial charge is 0.480 e. The van der Waals surface area contributed by atoms with Crippen LogP contribution in [0.5, 0.6) is 0 Å². The van der Waals surface area contributed by atoms with Gasteiger partial charge in [-0.3, -0.25) is 4.79 Å². The summed E-state index contributed by atoms with van der Waals surface area (Å²) in [4.78, 5) is 32.6. The standard InChI is InChI=1S/C10H16F3N3O4/c1-5(4-10(11,12)13)15-9(20)16-6(8(18)19)2-3-7(14)17/h5-6H,2-4H2,1H3,(H2,14,17)(H,18,19)(H2,15,16,20)/t5?,6-/m1/s1. The number of hydrogen-bond acceptors (Lipinski definition) is 3. The summed E-state index contributed by atoms with van der Waals surface area (Å²) in [6.07, 6.45) is -6.19. The van der Waals surface area contributed by atoms with Crippen molar-refractivity contribution in [3.05, 3.63) is 0 Å². The van der Waals surface area contributed by atoms with Crippen molar-refractivity contribution >= 4 is 17.9 Å². The fraction of sp³-hybridized carbons (Fsp3) is 0.700. The van der Waals surface area contributed by atoms with E-state index in [9.17, 15) is 27.6 Å². The zero-order valence-corrected chi connectivity index (χ0v) is 10.7. The Kier molecular flexibility index (Phi) is 6.80. The molecule has 1 unspecified atom stereocenters. The average Bonchev–Trinajstić information content (AvgIpc) is 2.20. The second kappa shape index (κ2) is 7.56. The SMILES string of the molecule is CC(CC(F)(F)F)NC(=O)N[C@H](CCC(N)=O)C(=O)O. The van der Waals surface area contributed by atoms with Crippen molar-refractivity contribution in [2.75, 3.05) is 0 Å². The molecule has 0 aliphatic rings. The number of aliphatic carboxylic acids is 1. The number of carbonyl (C=O) groups excluding carboxylic acids is 2. The van der Waals surface area contributed by atoms with Gasteiger partial charge in [-0.15, -0.1) is 0 Å². The van der Waals surface area contributed by atoms with E-state index in [1.807, 2.05) is 10.6 Å². The Hall–Kier alpha value is -2.00. The van der Waals surface area contributed by atoms with Crippen LogP contribution in [0.25, 0.3) is 0 Å². The van der Waals surface area contributed by atoms with Crippen molar-refractivity contribution in [1.29, 1.82) is 0 Å². The normalized spacial score (nSPS) is 14.2. The molecule has 0 saturated heterocycles. The van der Waals surface area contributed by atoms with Gasteiger partial charge in [0.15, 0.2) is 0 Å². The Morgan fingerprint density at radius 1 is 1.25 bits per heavy atom. The van der Waals surface area contributed by atoms with Gasteiger partial charge in [0.05, 0.1) is 6.42 Å². The highest BCUT2D eigenvalue weighted by atomic mass is 19.4. The second-order valence-electron chi connectivity index (χ2n) is 4.23. The summed E-state index contributed by atoms with van der Waals surface area (Å²) >= 11 is 0. The topological polar surface area (TPSA) is 122 Å². The zero-order valence-electron chi connectivity index (χ0n) is 10.7. The molecule has 10 heteroatoms. The lowest BCUT2D eigenvalue weighted by molar-refractivity contribution is -0.140.